The van der Waals surface area contributed by atoms with Gasteiger partial charge in [-0.3, -0.25) is 0 Å². The zero-order valence-electron chi connectivity index (χ0n) is 11.1. The highest BCUT2D eigenvalue weighted by Crippen LogP contribution is 2.24. The molecule has 0 fully saturated rings. The van der Waals surface area contributed by atoms with E-state index in [0.717, 1.165) is 18.4 Å². The van der Waals surface area contributed by atoms with Crippen molar-refractivity contribution < 1.29 is 18.8 Å². The topological polar surface area (TPSA) is 40.5 Å². The minimum absolute atomic E-state index is 0.106. The Hall–Kier alpha value is -1.72. The van der Waals surface area contributed by atoms with Crippen LogP contribution in [-0.4, -0.2) is 17.2 Å². The van der Waals surface area contributed by atoms with Crippen LogP contribution in [0, 0.1) is 11.6 Å². The van der Waals surface area contributed by atoms with Gasteiger partial charge in [-0.25, -0.2) is 8.78 Å². The molecule has 0 unspecified atom stereocenters. The van der Waals surface area contributed by atoms with Crippen LogP contribution in [-0.2, 0) is 6.42 Å². The van der Waals surface area contributed by atoms with Crippen molar-refractivity contribution >= 4 is 12.6 Å². The molecule has 2 aromatic rings. The Morgan fingerprint density at radius 1 is 0.950 bits per heavy atom. The summed E-state index contributed by atoms with van der Waals surface area (Å²) in [6.45, 7) is 2.07. The third kappa shape index (κ3) is 2.89. The van der Waals surface area contributed by atoms with E-state index in [1.807, 2.05) is 12.1 Å². The number of halogens is 2. The van der Waals surface area contributed by atoms with E-state index in [1.165, 1.54) is 12.1 Å². The summed E-state index contributed by atoms with van der Waals surface area (Å²) < 4.78 is 27.7. The molecule has 0 heterocycles. The molecular formula is C15H15BF2O2. The molecule has 0 spiro atoms. The lowest BCUT2D eigenvalue weighted by Crippen LogP contribution is -2.33. The number of hydrogen-bond donors (Lipinski definition) is 2. The number of rotatable bonds is 4. The Labute approximate surface area is 116 Å². The second-order valence-corrected chi connectivity index (χ2v) is 4.65. The summed E-state index contributed by atoms with van der Waals surface area (Å²) in [6, 6.07) is 9.76. The van der Waals surface area contributed by atoms with Gasteiger partial charge in [-0.15, -0.1) is 0 Å². The lowest BCUT2D eigenvalue weighted by molar-refractivity contribution is 0.420. The highest BCUT2D eigenvalue weighted by molar-refractivity contribution is 6.58. The van der Waals surface area contributed by atoms with Gasteiger partial charge < -0.3 is 10.0 Å². The van der Waals surface area contributed by atoms with Crippen molar-refractivity contribution in [2.24, 2.45) is 0 Å². The van der Waals surface area contributed by atoms with Crippen LogP contribution in [0.3, 0.4) is 0 Å². The van der Waals surface area contributed by atoms with Crippen molar-refractivity contribution in [3.05, 3.63) is 53.6 Å². The summed E-state index contributed by atoms with van der Waals surface area (Å²) in [5, 5.41) is 17.9. The Kier molecular flexibility index (Phi) is 4.52. The molecule has 0 amide bonds. The molecule has 0 saturated carbocycles. The number of hydrogen-bond acceptors (Lipinski definition) is 2. The first-order valence-electron chi connectivity index (χ1n) is 6.48. The minimum atomic E-state index is -2.02. The largest absolute Gasteiger partial charge is 0.491 e. The fourth-order valence-corrected chi connectivity index (χ4v) is 2.13. The zero-order chi connectivity index (χ0) is 14.7. The maximum atomic E-state index is 14.0. The molecule has 0 saturated heterocycles. The predicted octanol–water partition coefficient (Wildman–Crippen LogP) is 2.26. The van der Waals surface area contributed by atoms with Gasteiger partial charge in [0.25, 0.3) is 0 Å². The first kappa shape index (κ1) is 14.7. The van der Waals surface area contributed by atoms with Crippen molar-refractivity contribution in [2.45, 2.75) is 19.8 Å². The van der Waals surface area contributed by atoms with Crippen LogP contribution >= 0.6 is 0 Å². The molecule has 0 aliphatic heterocycles. The molecule has 2 nitrogen and oxygen atoms in total. The molecule has 104 valence electrons. The van der Waals surface area contributed by atoms with E-state index < -0.39 is 24.2 Å². The highest BCUT2D eigenvalue weighted by Gasteiger charge is 2.22. The summed E-state index contributed by atoms with van der Waals surface area (Å²) in [4.78, 5) is 0. The van der Waals surface area contributed by atoms with Gasteiger partial charge in [0.2, 0.25) is 0 Å². The normalized spacial score (nSPS) is 10.7. The maximum Gasteiger partial charge on any atom is 0.491 e. The molecule has 2 aromatic carbocycles. The lowest BCUT2D eigenvalue weighted by Gasteiger charge is -2.09. The predicted molar refractivity (Wildman–Crippen MR) is 75.6 cm³/mol. The maximum absolute atomic E-state index is 14.0. The SMILES string of the molecule is CCCc1ccc(-c2ccc(B(O)O)c(F)c2F)cc1. The first-order chi connectivity index (χ1) is 9.54. The second-order valence-electron chi connectivity index (χ2n) is 4.65. The van der Waals surface area contributed by atoms with E-state index in [2.05, 4.69) is 6.92 Å². The molecule has 0 atom stereocenters. The third-order valence-corrected chi connectivity index (χ3v) is 3.19. The van der Waals surface area contributed by atoms with Crippen LogP contribution in [0.4, 0.5) is 8.78 Å². The molecule has 0 radical (unpaired) electrons. The standard InChI is InChI=1S/C15H15BF2O2/c1-2-3-10-4-6-11(7-5-10)12-8-9-13(16(19)20)15(18)14(12)17/h4-9,19-20H,2-3H2,1H3. The van der Waals surface area contributed by atoms with Crippen LogP contribution in [0.25, 0.3) is 11.1 Å². The zero-order valence-corrected chi connectivity index (χ0v) is 11.1. The van der Waals surface area contributed by atoms with Crippen LogP contribution in [0.5, 0.6) is 0 Å². The van der Waals surface area contributed by atoms with Gasteiger partial charge in [0.05, 0.1) is 0 Å². The minimum Gasteiger partial charge on any atom is -0.423 e. The van der Waals surface area contributed by atoms with E-state index in [0.29, 0.717) is 5.56 Å². The average molecular weight is 276 g/mol. The van der Waals surface area contributed by atoms with Gasteiger partial charge in [0.1, 0.15) is 0 Å². The van der Waals surface area contributed by atoms with Crippen LogP contribution in [0.2, 0.25) is 0 Å². The van der Waals surface area contributed by atoms with Gasteiger partial charge in [-0.05, 0) is 17.5 Å². The fraction of sp³-hybridized carbons (Fsp3) is 0.200. The number of benzene rings is 2. The summed E-state index contributed by atoms with van der Waals surface area (Å²) in [5.41, 5.74) is 1.34. The monoisotopic (exact) mass is 276 g/mol. The lowest BCUT2D eigenvalue weighted by atomic mass is 9.79. The van der Waals surface area contributed by atoms with E-state index in [9.17, 15) is 8.78 Å². The van der Waals surface area contributed by atoms with Crippen molar-refractivity contribution in [2.75, 3.05) is 0 Å². The fourth-order valence-electron chi connectivity index (χ4n) is 2.13. The van der Waals surface area contributed by atoms with Crippen molar-refractivity contribution in [1.82, 2.24) is 0 Å². The van der Waals surface area contributed by atoms with Gasteiger partial charge in [-0.2, -0.15) is 0 Å². The van der Waals surface area contributed by atoms with E-state index in [1.54, 1.807) is 12.1 Å². The van der Waals surface area contributed by atoms with Gasteiger partial charge in [-0.1, -0.05) is 49.7 Å². The van der Waals surface area contributed by atoms with Crippen molar-refractivity contribution in [1.29, 1.82) is 0 Å². The smallest absolute Gasteiger partial charge is 0.423 e. The van der Waals surface area contributed by atoms with Crippen LogP contribution in [0.15, 0.2) is 36.4 Å². The Morgan fingerprint density at radius 2 is 1.60 bits per heavy atom. The van der Waals surface area contributed by atoms with Gasteiger partial charge >= 0.3 is 7.12 Å². The second kappa shape index (κ2) is 6.16. The Balaban J connectivity index is 2.40. The Morgan fingerprint density at radius 3 is 2.15 bits per heavy atom. The van der Waals surface area contributed by atoms with E-state index in [4.69, 9.17) is 10.0 Å². The average Bonchev–Trinajstić information content (AvgIpc) is 2.43. The molecule has 20 heavy (non-hydrogen) atoms. The Bertz CT molecular complexity index is 598. The van der Waals surface area contributed by atoms with Crippen molar-refractivity contribution in [3.63, 3.8) is 0 Å². The van der Waals surface area contributed by atoms with Crippen LogP contribution < -0.4 is 5.46 Å². The molecule has 2 rings (SSSR count). The van der Waals surface area contributed by atoms with Gasteiger partial charge in [0.15, 0.2) is 11.6 Å². The molecule has 0 aliphatic rings. The van der Waals surface area contributed by atoms with Crippen molar-refractivity contribution in [3.8, 4) is 11.1 Å². The molecular weight excluding hydrogens is 261 g/mol. The molecule has 0 bridgehead atoms. The molecule has 5 heteroatoms. The van der Waals surface area contributed by atoms with Gasteiger partial charge in [0, 0.05) is 11.0 Å². The summed E-state index contributed by atoms with van der Waals surface area (Å²) in [5.74, 6) is -2.30. The summed E-state index contributed by atoms with van der Waals surface area (Å²) >= 11 is 0. The number of aryl methyl sites for hydroxylation is 1. The third-order valence-electron chi connectivity index (χ3n) is 3.19. The molecule has 0 aromatic heterocycles. The quantitative estimate of drug-likeness (QED) is 0.841. The highest BCUT2D eigenvalue weighted by atomic mass is 19.2. The van der Waals surface area contributed by atoms with Crippen LogP contribution in [0.1, 0.15) is 18.9 Å². The summed E-state index contributed by atoms with van der Waals surface area (Å²) in [7, 11) is -2.02. The first-order valence-corrected chi connectivity index (χ1v) is 6.48. The van der Waals surface area contributed by atoms with E-state index >= 15 is 0 Å². The summed E-state index contributed by atoms with van der Waals surface area (Å²) in [6.07, 6.45) is 1.96. The van der Waals surface area contributed by atoms with E-state index in [-0.39, 0.29) is 5.56 Å². The molecule has 2 N–H and O–H groups in total. The molecule has 0 aliphatic carbocycles.